The van der Waals surface area contributed by atoms with Crippen LogP contribution in [0.15, 0.2) is 18.2 Å². The molecule has 0 unspecified atom stereocenters. The van der Waals surface area contributed by atoms with Crippen molar-refractivity contribution < 1.29 is 15.3 Å². The van der Waals surface area contributed by atoms with Crippen molar-refractivity contribution in [2.24, 2.45) is 0 Å². The van der Waals surface area contributed by atoms with E-state index in [9.17, 15) is 4.39 Å². The van der Waals surface area contributed by atoms with Crippen LogP contribution in [0.5, 0.6) is 0 Å². The molecule has 0 fully saturated rings. The molecule has 0 amide bonds. The van der Waals surface area contributed by atoms with E-state index in [-0.39, 0.29) is 21.4 Å². The zero-order valence-electron chi connectivity index (χ0n) is 5.46. The Morgan fingerprint density at radius 1 is 1.27 bits per heavy atom. The normalized spacial score (nSPS) is 8.00. The van der Waals surface area contributed by atoms with Gasteiger partial charge >= 0.3 is 58.3 Å². The second kappa shape index (κ2) is 5.13. The van der Waals surface area contributed by atoms with Crippen molar-refractivity contribution in [2.75, 3.05) is 0 Å². The van der Waals surface area contributed by atoms with Crippen LogP contribution in [0.25, 0.3) is 0 Å². The SMILES string of the molecule is [B+2]c1cccc(F)c1Cl.[OH-].[OH-]. The van der Waals surface area contributed by atoms with Gasteiger partial charge in [0, 0.05) is 0 Å². The van der Waals surface area contributed by atoms with Crippen molar-refractivity contribution in [3.63, 3.8) is 0 Å². The van der Waals surface area contributed by atoms with Gasteiger partial charge in [0.2, 0.25) is 0 Å². The van der Waals surface area contributed by atoms with Crippen molar-refractivity contribution in [2.45, 2.75) is 0 Å². The average molecular weight is 174 g/mol. The first kappa shape index (κ1) is 13.0. The Hall–Kier alpha value is -0.575. The molecule has 0 bridgehead atoms. The van der Waals surface area contributed by atoms with Crippen molar-refractivity contribution in [3.8, 4) is 0 Å². The monoisotopic (exact) mass is 174 g/mol. The van der Waals surface area contributed by atoms with E-state index in [1.54, 1.807) is 6.07 Å². The Bertz CT molecular complexity index is 212. The Kier molecular flexibility index (Phi) is 6.08. The fraction of sp³-hybridized carbons (Fsp3) is 0. The van der Waals surface area contributed by atoms with E-state index in [1.165, 1.54) is 12.1 Å². The van der Waals surface area contributed by atoms with Crippen LogP contribution in [0, 0.1) is 5.82 Å². The molecule has 0 spiro atoms. The average Bonchev–Trinajstić information content (AvgIpc) is 1.83. The molecule has 0 saturated heterocycles. The standard InChI is InChI=1S/C6H3BClF.2H2O/c7-4-2-1-3-5(9)6(4)8;;/h1-3H;2*1H2/q+2;;/p-2. The van der Waals surface area contributed by atoms with Crippen LogP contribution in [0.2, 0.25) is 5.02 Å². The summed E-state index contributed by atoms with van der Waals surface area (Å²) in [5, 5.41) is -0.00231. The van der Waals surface area contributed by atoms with Crippen LogP contribution in [0.4, 0.5) is 4.39 Å². The maximum Gasteiger partial charge on any atom is -0.870 e. The zero-order chi connectivity index (χ0) is 6.85. The largest absolute Gasteiger partial charge is 0.870 e. The van der Waals surface area contributed by atoms with Crippen LogP contribution >= 0.6 is 11.6 Å². The van der Waals surface area contributed by atoms with E-state index in [0.29, 0.717) is 0 Å². The molecular formula is C6H5BClFO2. The van der Waals surface area contributed by atoms with Gasteiger partial charge in [-0.15, -0.1) is 0 Å². The van der Waals surface area contributed by atoms with Gasteiger partial charge in [-0.2, -0.15) is 0 Å². The number of benzene rings is 1. The third-order valence-electron chi connectivity index (χ3n) is 0.981. The third-order valence-corrected chi connectivity index (χ3v) is 1.38. The van der Waals surface area contributed by atoms with Gasteiger partial charge in [0.1, 0.15) is 0 Å². The molecule has 11 heavy (non-hydrogen) atoms. The number of rotatable bonds is 0. The van der Waals surface area contributed by atoms with Crippen LogP contribution < -0.4 is 5.46 Å². The van der Waals surface area contributed by atoms with Crippen LogP contribution in [-0.2, 0) is 0 Å². The zero-order valence-corrected chi connectivity index (χ0v) is 6.22. The molecule has 58 valence electrons. The van der Waals surface area contributed by atoms with Crippen molar-refractivity contribution in [1.82, 2.24) is 0 Å². The van der Waals surface area contributed by atoms with E-state index >= 15 is 0 Å². The van der Waals surface area contributed by atoms with Gasteiger partial charge < -0.3 is 11.0 Å². The first-order chi connectivity index (χ1) is 4.22. The van der Waals surface area contributed by atoms with Gasteiger partial charge in [-0.05, 0) is 0 Å². The Balaban J connectivity index is 0. The third kappa shape index (κ3) is 2.88. The van der Waals surface area contributed by atoms with E-state index in [0.717, 1.165) is 0 Å². The quantitative estimate of drug-likeness (QED) is 0.549. The predicted molar refractivity (Wildman–Crippen MR) is 40.7 cm³/mol. The summed E-state index contributed by atoms with van der Waals surface area (Å²) in [6, 6.07) is 4.32. The Morgan fingerprint density at radius 3 is 2.18 bits per heavy atom. The molecule has 0 saturated carbocycles. The number of halogens is 2. The molecule has 2 nitrogen and oxygen atoms in total. The smallest absolute Gasteiger partial charge is 0.870 e. The summed E-state index contributed by atoms with van der Waals surface area (Å²) < 4.78 is 12.4. The molecule has 1 aromatic carbocycles. The molecule has 5 heteroatoms. The van der Waals surface area contributed by atoms with Crippen molar-refractivity contribution >= 4 is 24.9 Å². The predicted octanol–water partition coefficient (Wildman–Crippen LogP) is 0.919. The molecule has 1 rings (SSSR count). The fourth-order valence-electron chi connectivity index (χ4n) is 0.520. The number of hydrogen-bond donors (Lipinski definition) is 0. The minimum Gasteiger partial charge on any atom is -0.870 e. The van der Waals surface area contributed by atoms with E-state index < -0.39 is 5.82 Å². The molecule has 0 aromatic heterocycles. The molecule has 0 atom stereocenters. The molecular weight excluding hydrogens is 169 g/mol. The van der Waals surface area contributed by atoms with Gasteiger partial charge in [-0.3, -0.25) is 0 Å². The van der Waals surface area contributed by atoms with Gasteiger partial charge in [-0.1, -0.05) is 0 Å². The molecule has 0 aliphatic rings. The van der Waals surface area contributed by atoms with Crippen molar-refractivity contribution in [1.29, 1.82) is 0 Å². The summed E-state index contributed by atoms with van der Waals surface area (Å²) in [6.45, 7) is 0. The maximum absolute atomic E-state index is 12.4. The maximum atomic E-state index is 12.4. The minimum absolute atomic E-state index is 0. The first-order valence-corrected chi connectivity index (χ1v) is 2.79. The summed E-state index contributed by atoms with van der Waals surface area (Å²) in [6.07, 6.45) is 0. The van der Waals surface area contributed by atoms with Crippen LogP contribution in [0.1, 0.15) is 0 Å². The van der Waals surface area contributed by atoms with Gasteiger partial charge in [0.15, 0.2) is 0 Å². The molecule has 0 radical (unpaired) electrons. The van der Waals surface area contributed by atoms with Gasteiger partial charge in [0.25, 0.3) is 0 Å². The first-order valence-electron chi connectivity index (χ1n) is 2.41. The minimum atomic E-state index is -0.475. The molecule has 0 heterocycles. The summed E-state index contributed by atoms with van der Waals surface area (Å²) in [4.78, 5) is 0. The van der Waals surface area contributed by atoms with Crippen LogP contribution in [-0.4, -0.2) is 18.8 Å². The van der Waals surface area contributed by atoms with Gasteiger partial charge in [0.05, 0.1) is 0 Å². The molecule has 1 aromatic rings. The molecule has 0 aliphatic heterocycles. The summed E-state index contributed by atoms with van der Waals surface area (Å²) in [5.41, 5.74) is 0.275. The second-order valence-electron chi connectivity index (χ2n) is 1.64. The molecule has 2 N–H and O–H groups in total. The number of hydrogen-bond acceptors (Lipinski definition) is 2. The van der Waals surface area contributed by atoms with Gasteiger partial charge in [-0.25, -0.2) is 0 Å². The van der Waals surface area contributed by atoms with E-state index in [4.69, 9.17) is 19.4 Å². The van der Waals surface area contributed by atoms with E-state index in [1.807, 2.05) is 0 Å². The fourth-order valence-corrected chi connectivity index (χ4v) is 0.646. The topological polar surface area (TPSA) is 60.0 Å². The van der Waals surface area contributed by atoms with Crippen molar-refractivity contribution in [3.05, 3.63) is 29.0 Å². The molecule has 0 aliphatic carbocycles. The Morgan fingerprint density at radius 2 is 1.82 bits per heavy atom. The summed E-state index contributed by atoms with van der Waals surface area (Å²) in [7, 11) is 5.25. The van der Waals surface area contributed by atoms with Crippen LogP contribution in [0.3, 0.4) is 0 Å². The van der Waals surface area contributed by atoms with E-state index in [2.05, 4.69) is 0 Å². The summed E-state index contributed by atoms with van der Waals surface area (Å²) >= 11 is 5.38. The Labute approximate surface area is 70.0 Å². The second-order valence-corrected chi connectivity index (χ2v) is 2.02. The summed E-state index contributed by atoms with van der Waals surface area (Å²) in [5.74, 6) is -0.475.